The van der Waals surface area contributed by atoms with E-state index in [4.69, 9.17) is 11.6 Å². The number of hydrogen-bond donors (Lipinski definition) is 2. The zero-order chi connectivity index (χ0) is 14.8. The average Bonchev–Trinajstić information content (AvgIpc) is 2.27. The molecule has 106 valence electrons. The summed E-state index contributed by atoms with van der Waals surface area (Å²) in [6.45, 7) is 7.72. The van der Waals surface area contributed by atoms with Gasteiger partial charge in [-0.15, -0.1) is 0 Å². The maximum absolute atomic E-state index is 11.3. The van der Waals surface area contributed by atoms with Crippen molar-refractivity contribution >= 4 is 33.5 Å². The highest BCUT2D eigenvalue weighted by atomic mass is 79.9. The van der Waals surface area contributed by atoms with E-state index in [1.807, 2.05) is 32.0 Å². The Kier molecular flexibility index (Phi) is 5.04. The number of carbonyl (C=O) groups is 1. The van der Waals surface area contributed by atoms with E-state index in [9.17, 15) is 9.90 Å². The van der Waals surface area contributed by atoms with Gasteiger partial charge in [0, 0.05) is 21.6 Å². The van der Waals surface area contributed by atoms with Crippen LogP contribution in [0.2, 0.25) is 5.02 Å². The van der Waals surface area contributed by atoms with Gasteiger partial charge in [0.1, 0.15) is 0 Å². The van der Waals surface area contributed by atoms with E-state index < -0.39 is 16.9 Å². The van der Waals surface area contributed by atoms with E-state index in [0.717, 1.165) is 10.0 Å². The summed E-state index contributed by atoms with van der Waals surface area (Å²) in [5.41, 5.74) is -0.497. The van der Waals surface area contributed by atoms with E-state index in [-0.39, 0.29) is 0 Å². The third kappa shape index (κ3) is 3.71. The van der Waals surface area contributed by atoms with Gasteiger partial charge in [-0.2, -0.15) is 0 Å². The van der Waals surface area contributed by atoms with Crippen molar-refractivity contribution in [3.05, 3.63) is 33.3 Å². The van der Waals surface area contributed by atoms with Crippen LogP contribution in [-0.4, -0.2) is 16.6 Å². The van der Waals surface area contributed by atoms with Crippen LogP contribution in [-0.2, 0) is 11.3 Å². The van der Waals surface area contributed by atoms with Crippen molar-refractivity contribution in [2.45, 2.75) is 39.8 Å². The Balaban J connectivity index is 2.83. The number of rotatable bonds is 5. The van der Waals surface area contributed by atoms with Gasteiger partial charge in [0.25, 0.3) is 0 Å². The van der Waals surface area contributed by atoms with Crippen LogP contribution in [0.15, 0.2) is 22.7 Å². The van der Waals surface area contributed by atoms with E-state index in [0.29, 0.717) is 11.6 Å². The van der Waals surface area contributed by atoms with Gasteiger partial charge >= 0.3 is 5.97 Å². The van der Waals surface area contributed by atoms with E-state index >= 15 is 0 Å². The van der Waals surface area contributed by atoms with Crippen molar-refractivity contribution in [2.24, 2.45) is 5.41 Å². The van der Waals surface area contributed by atoms with Gasteiger partial charge in [0.15, 0.2) is 0 Å². The number of nitrogens with one attached hydrogen (secondary N) is 1. The summed E-state index contributed by atoms with van der Waals surface area (Å²) in [4.78, 5) is 11.3. The highest BCUT2D eigenvalue weighted by Crippen LogP contribution is 2.31. The monoisotopic (exact) mass is 347 g/mol. The third-order valence-electron chi connectivity index (χ3n) is 3.83. The van der Waals surface area contributed by atoms with Crippen LogP contribution in [0.3, 0.4) is 0 Å². The van der Waals surface area contributed by atoms with Crippen molar-refractivity contribution in [3.63, 3.8) is 0 Å². The standard InChI is InChI=1S/C14H19BrClNO2/c1-13(2,12(18)19)14(3,4)17-8-9-5-6-10(15)7-11(9)16/h5-7,17H,8H2,1-4H3,(H,18,19). The Morgan fingerprint density at radius 3 is 2.42 bits per heavy atom. The smallest absolute Gasteiger partial charge is 0.310 e. The molecule has 0 heterocycles. The Labute approximate surface area is 127 Å². The summed E-state index contributed by atoms with van der Waals surface area (Å²) >= 11 is 9.50. The maximum atomic E-state index is 11.3. The molecule has 1 aromatic carbocycles. The molecule has 3 nitrogen and oxygen atoms in total. The lowest BCUT2D eigenvalue weighted by atomic mass is 9.74. The number of carboxylic acids is 1. The second kappa shape index (κ2) is 5.81. The summed E-state index contributed by atoms with van der Waals surface area (Å²) < 4.78 is 0.923. The minimum atomic E-state index is -0.880. The quantitative estimate of drug-likeness (QED) is 0.843. The first-order chi connectivity index (χ1) is 8.58. The predicted octanol–water partition coefficient (Wildman–Crippen LogP) is 4.08. The predicted molar refractivity (Wildman–Crippen MR) is 81.5 cm³/mol. The molecular formula is C14H19BrClNO2. The molecule has 0 spiro atoms. The molecule has 0 unspecified atom stereocenters. The molecule has 0 aliphatic rings. The topological polar surface area (TPSA) is 49.3 Å². The molecule has 0 saturated heterocycles. The minimum Gasteiger partial charge on any atom is -0.481 e. The molecule has 0 aromatic heterocycles. The van der Waals surface area contributed by atoms with E-state index in [2.05, 4.69) is 21.2 Å². The van der Waals surface area contributed by atoms with Crippen LogP contribution in [0.1, 0.15) is 33.3 Å². The number of benzene rings is 1. The summed E-state index contributed by atoms with van der Waals surface area (Å²) in [5.74, 6) is -0.827. The van der Waals surface area contributed by atoms with Crippen LogP contribution in [0.5, 0.6) is 0 Å². The summed E-state index contributed by atoms with van der Waals surface area (Å²) in [5, 5.41) is 13.2. The van der Waals surface area contributed by atoms with Crippen molar-refractivity contribution in [1.82, 2.24) is 5.32 Å². The van der Waals surface area contributed by atoms with Crippen molar-refractivity contribution < 1.29 is 9.90 Å². The molecule has 1 aromatic rings. The maximum Gasteiger partial charge on any atom is 0.310 e. The van der Waals surface area contributed by atoms with Crippen molar-refractivity contribution in [3.8, 4) is 0 Å². The molecule has 0 fully saturated rings. The second-order valence-corrected chi connectivity index (χ2v) is 6.97. The van der Waals surface area contributed by atoms with Gasteiger partial charge < -0.3 is 10.4 Å². The van der Waals surface area contributed by atoms with Crippen molar-refractivity contribution in [2.75, 3.05) is 0 Å². The Morgan fingerprint density at radius 2 is 1.95 bits per heavy atom. The first-order valence-corrected chi connectivity index (χ1v) is 7.17. The highest BCUT2D eigenvalue weighted by molar-refractivity contribution is 9.10. The minimum absolute atomic E-state index is 0.524. The normalized spacial score (nSPS) is 12.5. The summed E-state index contributed by atoms with van der Waals surface area (Å²) in [6.07, 6.45) is 0. The lowest BCUT2D eigenvalue weighted by molar-refractivity contribution is -0.151. The Morgan fingerprint density at radius 1 is 1.37 bits per heavy atom. The van der Waals surface area contributed by atoms with Gasteiger partial charge in [-0.3, -0.25) is 4.79 Å². The van der Waals surface area contributed by atoms with Crippen LogP contribution in [0.4, 0.5) is 0 Å². The first kappa shape index (κ1) is 16.5. The molecule has 0 aliphatic heterocycles. The number of hydrogen-bond acceptors (Lipinski definition) is 2. The molecule has 19 heavy (non-hydrogen) atoms. The molecule has 0 atom stereocenters. The van der Waals surface area contributed by atoms with Gasteiger partial charge in [-0.05, 0) is 45.4 Å². The zero-order valence-corrected chi connectivity index (χ0v) is 13.9. The second-order valence-electron chi connectivity index (χ2n) is 5.64. The molecular weight excluding hydrogens is 330 g/mol. The molecule has 1 rings (SSSR count). The fourth-order valence-corrected chi connectivity index (χ4v) is 2.21. The van der Waals surface area contributed by atoms with Crippen LogP contribution in [0.25, 0.3) is 0 Å². The van der Waals surface area contributed by atoms with E-state index in [1.165, 1.54) is 0 Å². The molecule has 0 radical (unpaired) electrons. The third-order valence-corrected chi connectivity index (χ3v) is 4.68. The largest absolute Gasteiger partial charge is 0.481 e. The first-order valence-electron chi connectivity index (χ1n) is 6.00. The van der Waals surface area contributed by atoms with Crippen LogP contribution in [0, 0.1) is 5.41 Å². The molecule has 0 aliphatic carbocycles. The average molecular weight is 349 g/mol. The molecule has 2 N–H and O–H groups in total. The fourth-order valence-electron chi connectivity index (χ4n) is 1.47. The van der Waals surface area contributed by atoms with Gasteiger partial charge in [0.05, 0.1) is 5.41 Å². The summed E-state index contributed by atoms with van der Waals surface area (Å²) in [6, 6.07) is 5.66. The van der Waals surface area contributed by atoms with Crippen molar-refractivity contribution in [1.29, 1.82) is 0 Å². The molecule has 0 saturated carbocycles. The SMILES string of the molecule is CC(C)(NCc1ccc(Br)cc1Cl)C(C)(C)C(=O)O. The van der Waals surface area contributed by atoms with Crippen LogP contribution >= 0.6 is 27.5 Å². The lowest BCUT2D eigenvalue weighted by Gasteiger charge is -2.39. The molecule has 0 bridgehead atoms. The van der Waals surface area contributed by atoms with E-state index in [1.54, 1.807) is 13.8 Å². The molecule has 5 heteroatoms. The number of halogens is 2. The highest BCUT2D eigenvalue weighted by Gasteiger charge is 2.43. The number of aliphatic carboxylic acids is 1. The summed E-state index contributed by atoms with van der Waals surface area (Å²) in [7, 11) is 0. The van der Waals surface area contributed by atoms with Gasteiger partial charge in [0.2, 0.25) is 0 Å². The Hall–Kier alpha value is -0.580. The van der Waals surface area contributed by atoms with Gasteiger partial charge in [-0.1, -0.05) is 33.6 Å². The van der Waals surface area contributed by atoms with Crippen LogP contribution < -0.4 is 5.32 Å². The van der Waals surface area contributed by atoms with Gasteiger partial charge in [-0.25, -0.2) is 0 Å². The molecule has 0 amide bonds. The number of carboxylic acid groups (broad SMARTS) is 1. The lowest BCUT2D eigenvalue weighted by Crippen LogP contribution is -2.54. The Bertz CT molecular complexity index is 486. The zero-order valence-electron chi connectivity index (χ0n) is 11.6. The fraction of sp³-hybridized carbons (Fsp3) is 0.500.